The van der Waals surface area contributed by atoms with E-state index in [9.17, 15) is 0 Å². The van der Waals surface area contributed by atoms with Crippen molar-refractivity contribution in [1.29, 1.82) is 0 Å². The Morgan fingerprint density at radius 1 is 1.16 bits per heavy atom. The van der Waals surface area contributed by atoms with Crippen molar-refractivity contribution >= 4 is 33.2 Å². The smallest absolute Gasteiger partial charge is 0.0593 e. The van der Waals surface area contributed by atoms with Crippen LogP contribution in [0.2, 0.25) is 5.02 Å². The molecule has 1 unspecified atom stereocenters. The topological polar surface area (TPSA) is 12.0 Å². The number of halogens is 2. The van der Waals surface area contributed by atoms with E-state index in [0.717, 1.165) is 21.6 Å². The fourth-order valence-corrected chi connectivity index (χ4v) is 2.58. The van der Waals surface area contributed by atoms with E-state index in [1.165, 1.54) is 11.1 Å². The monoisotopic (exact) mass is 337 g/mol. The van der Waals surface area contributed by atoms with Crippen LogP contribution in [0.4, 0.5) is 5.69 Å². The molecule has 0 amide bonds. The lowest BCUT2D eigenvalue weighted by molar-refractivity contribution is 0.748. The zero-order chi connectivity index (χ0) is 13.8. The van der Waals surface area contributed by atoms with Crippen molar-refractivity contribution in [2.24, 2.45) is 0 Å². The normalized spacial score (nSPS) is 12.2. The molecular formula is C16H17BrClN. The van der Waals surface area contributed by atoms with E-state index < -0.39 is 0 Å². The molecule has 0 aliphatic rings. The summed E-state index contributed by atoms with van der Waals surface area (Å²) in [7, 11) is 0. The van der Waals surface area contributed by atoms with Gasteiger partial charge in [0.1, 0.15) is 0 Å². The highest BCUT2D eigenvalue weighted by molar-refractivity contribution is 9.10. The first-order valence-corrected chi connectivity index (χ1v) is 7.56. The molecule has 0 bridgehead atoms. The number of benzene rings is 2. The number of hydrogen-bond acceptors (Lipinski definition) is 1. The molecule has 1 atom stereocenters. The van der Waals surface area contributed by atoms with Crippen LogP contribution in [0.15, 0.2) is 46.9 Å². The maximum Gasteiger partial charge on any atom is 0.0593 e. The van der Waals surface area contributed by atoms with Crippen LogP contribution in [-0.2, 0) is 0 Å². The summed E-state index contributed by atoms with van der Waals surface area (Å²) >= 11 is 9.65. The van der Waals surface area contributed by atoms with Crippen LogP contribution in [0.1, 0.15) is 30.5 Å². The van der Waals surface area contributed by atoms with Gasteiger partial charge in [0, 0.05) is 0 Å². The predicted molar refractivity (Wildman–Crippen MR) is 87.0 cm³/mol. The van der Waals surface area contributed by atoms with Crippen molar-refractivity contribution < 1.29 is 0 Å². The third-order valence-corrected chi connectivity index (χ3v) is 4.57. The number of aryl methyl sites for hydroxylation is 1. The Hall–Kier alpha value is -0.990. The molecule has 0 aliphatic carbocycles. The predicted octanol–water partition coefficient (Wildman–Crippen LogP) is 5.97. The second-order valence-electron chi connectivity index (χ2n) is 4.62. The molecule has 0 heterocycles. The van der Waals surface area contributed by atoms with Gasteiger partial charge in [0.2, 0.25) is 0 Å². The van der Waals surface area contributed by atoms with E-state index in [0.29, 0.717) is 0 Å². The standard InChI is InChI=1S/C16H17BrClN/c1-3-14(12-9-7-11(2)8-10-12)19-15-6-4-5-13(18)16(15)17/h4-10,14,19H,3H2,1-2H3. The van der Waals surface area contributed by atoms with E-state index >= 15 is 0 Å². The summed E-state index contributed by atoms with van der Waals surface area (Å²) in [6, 6.07) is 14.8. The highest BCUT2D eigenvalue weighted by Gasteiger charge is 2.11. The first-order valence-electron chi connectivity index (χ1n) is 6.39. The molecule has 2 aromatic carbocycles. The van der Waals surface area contributed by atoms with Crippen molar-refractivity contribution in [1.82, 2.24) is 0 Å². The van der Waals surface area contributed by atoms with E-state index in [1.807, 2.05) is 18.2 Å². The number of anilines is 1. The minimum absolute atomic E-state index is 0.287. The minimum Gasteiger partial charge on any atom is -0.377 e. The lowest BCUT2D eigenvalue weighted by Crippen LogP contribution is -2.10. The first-order chi connectivity index (χ1) is 9.11. The van der Waals surface area contributed by atoms with Gasteiger partial charge < -0.3 is 5.32 Å². The summed E-state index contributed by atoms with van der Waals surface area (Å²) in [6.07, 6.45) is 1.02. The van der Waals surface area contributed by atoms with Crippen molar-refractivity contribution in [2.75, 3.05) is 5.32 Å². The fraction of sp³-hybridized carbons (Fsp3) is 0.250. The summed E-state index contributed by atoms with van der Waals surface area (Å²) in [5, 5.41) is 4.27. The largest absolute Gasteiger partial charge is 0.377 e. The van der Waals surface area contributed by atoms with Crippen LogP contribution in [0.25, 0.3) is 0 Å². The Kier molecular flexibility index (Phi) is 4.89. The van der Waals surface area contributed by atoms with Crippen LogP contribution in [0.3, 0.4) is 0 Å². The van der Waals surface area contributed by atoms with Crippen LogP contribution in [0, 0.1) is 6.92 Å². The number of hydrogen-bond donors (Lipinski definition) is 1. The maximum atomic E-state index is 6.12. The van der Waals surface area contributed by atoms with E-state index in [-0.39, 0.29) is 6.04 Å². The molecule has 0 aromatic heterocycles. The van der Waals surface area contributed by atoms with E-state index in [1.54, 1.807) is 0 Å². The minimum atomic E-state index is 0.287. The van der Waals surface area contributed by atoms with Gasteiger partial charge in [-0.1, -0.05) is 54.4 Å². The molecule has 0 radical (unpaired) electrons. The Bertz CT molecular complexity index is 551. The Morgan fingerprint density at radius 2 is 1.84 bits per heavy atom. The van der Waals surface area contributed by atoms with Crippen LogP contribution in [0.5, 0.6) is 0 Å². The zero-order valence-corrected chi connectivity index (χ0v) is 13.4. The van der Waals surface area contributed by atoms with Gasteiger partial charge in [-0.2, -0.15) is 0 Å². The number of nitrogens with one attached hydrogen (secondary N) is 1. The molecule has 19 heavy (non-hydrogen) atoms. The van der Waals surface area contributed by atoms with Gasteiger partial charge >= 0.3 is 0 Å². The summed E-state index contributed by atoms with van der Waals surface area (Å²) in [5.41, 5.74) is 3.60. The van der Waals surface area contributed by atoms with Crippen LogP contribution < -0.4 is 5.32 Å². The molecule has 0 fully saturated rings. The lowest BCUT2D eigenvalue weighted by atomic mass is 10.0. The van der Waals surface area contributed by atoms with Crippen LogP contribution in [-0.4, -0.2) is 0 Å². The molecule has 0 spiro atoms. The molecule has 0 saturated heterocycles. The van der Waals surface area contributed by atoms with Crippen molar-refractivity contribution in [3.8, 4) is 0 Å². The van der Waals surface area contributed by atoms with Crippen molar-refractivity contribution in [3.63, 3.8) is 0 Å². The van der Waals surface area contributed by atoms with Gasteiger partial charge in [0.15, 0.2) is 0 Å². The van der Waals surface area contributed by atoms with Gasteiger partial charge in [0.05, 0.1) is 21.2 Å². The van der Waals surface area contributed by atoms with E-state index in [2.05, 4.69) is 59.4 Å². The summed E-state index contributed by atoms with van der Waals surface area (Å²) in [6.45, 7) is 4.28. The molecule has 0 aliphatic heterocycles. The lowest BCUT2D eigenvalue weighted by Gasteiger charge is -2.20. The third kappa shape index (κ3) is 3.52. The molecule has 3 heteroatoms. The van der Waals surface area contributed by atoms with Crippen molar-refractivity contribution in [2.45, 2.75) is 26.3 Å². The average Bonchev–Trinajstić information content (AvgIpc) is 2.42. The first kappa shape index (κ1) is 14.4. The molecule has 2 rings (SSSR count). The van der Waals surface area contributed by atoms with E-state index in [4.69, 9.17) is 11.6 Å². The molecular weight excluding hydrogens is 322 g/mol. The Balaban J connectivity index is 2.24. The summed E-state index contributed by atoms with van der Waals surface area (Å²) in [5.74, 6) is 0. The summed E-state index contributed by atoms with van der Waals surface area (Å²) in [4.78, 5) is 0. The molecule has 100 valence electrons. The van der Waals surface area contributed by atoms with Crippen molar-refractivity contribution in [3.05, 3.63) is 63.1 Å². The second kappa shape index (κ2) is 6.44. The van der Waals surface area contributed by atoms with Gasteiger partial charge in [-0.25, -0.2) is 0 Å². The van der Waals surface area contributed by atoms with Gasteiger partial charge in [-0.3, -0.25) is 0 Å². The van der Waals surface area contributed by atoms with Gasteiger partial charge in [-0.05, 0) is 47.0 Å². The summed E-state index contributed by atoms with van der Waals surface area (Å²) < 4.78 is 0.919. The SMILES string of the molecule is CCC(Nc1cccc(Cl)c1Br)c1ccc(C)cc1. The molecule has 1 nitrogen and oxygen atoms in total. The Morgan fingerprint density at radius 3 is 2.47 bits per heavy atom. The van der Waals surface area contributed by atoms with Crippen LogP contribution >= 0.6 is 27.5 Å². The number of rotatable bonds is 4. The van der Waals surface area contributed by atoms with Gasteiger partial charge in [-0.15, -0.1) is 0 Å². The molecule has 1 N–H and O–H groups in total. The second-order valence-corrected chi connectivity index (χ2v) is 5.82. The average molecular weight is 339 g/mol. The highest BCUT2D eigenvalue weighted by atomic mass is 79.9. The highest BCUT2D eigenvalue weighted by Crippen LogP contribution is 2.33. The third-order valence-electron chi connectivity index (χ3n) is 3.17. The fourth-order valence-electron chi connectivity index (χ4n) is 2.02. The Labute approximate surface area is 128 Å². The molecule has 0 saturated carbocycles. The quantitative estimate of drug-likeness (QED) is 0.723. The zero-order valence-electron chi connectivity index (χ0n) is 11.1. The molecule has 2 aromatic rings. The van der Waals surface area contributed by atoms with Gasteiger partial charge in [0.25, 0.3) is 0 Å². The maximum absolute atomic E-state index is 6.12.